The minimum atomic E-state index is 0.158. The Bertz CT molecular complexity index is 325. The molecule has 2 nitrogen and oxygen atoms in total. The molecular formula is C12H18ClNO. The number of para-hydroxylation sites is 1. The van der Waals surface area contributed by atoms with E-state index in [0.717, 1.165) is 6.42 Å². The van der Waals surface area contributed by atoms with Crippen molar-refractivity contribution < 1.29 is 4.74 Å². The average molecular weight is 228 g/mol. The van der Waals surface area contributed by atoms with Crippen molar-refractivity contribution in [3.05, 3.63) is 23.2 Å². The smallest absolute Gasteiger partial charge is 0.144 e. The van der Waals surface area contributed by atoms with Gasteiger partial charge in [-0.15, -0.1) is 0 Å². The first-order chi connectivity index (χ1) is 7.00. The van der Waals surface area contributed by atoms with Gasteiger partial charge in [-0.25, -0.2) is 0 Å². The number of nitrogen functional groups attached to an aromatic ring is 1. The number of ether oxygens (including phenoxy) is 1. The summed E-state index contributed by atoms with van der Waals surface area (Å²) in [5.74, 6) is 1.29. The van der Waals surface area contributed by atoms with E-state index in [9.17, 15) is 0 Å². The second-order valence-electron chi connectivity index (χ2n) is 4.21. The molecule has 0 aliphatic rings. The Balaban J connectivity index is 2.68. The standard InChI is InChI=1S/C12H18ClNO/c1-8(2)7-9(3)15-11-6-4-5-10(13)12(11)14/h4-6,8-9H,7,14H2,1-3H3. The first-order valence-electron chi connectivity index (χ1n) is 5.21. The summed E-state index contributed by atoms with van der Waals surface area (Å²) in [7, 11) is 0. The summed E-state index contributed by atoms with van der Waals surface area (Å²) in [5, 5.41) is 0.546. The molecule has 0 aliphatic carbocycles. The van der Waals surface area contributed by atoms with Crippen LogP contribution < -0.4 is 10.5 Å². The number of nitrogens with two attached hydrogens (primary N) is 1. The third-order valence-electron chi connectivity index (χ3n) is 2.14. The molecule has 0 saturated heterocycles. The van der Waals surface area contributed by atoms with E-state index >= 15 is 0 Å². The van der Waals surface area contributed by atoms with E-state index in [4.69, 9.17) is 22.1 Å². The van der Waals surface area contributed by atoms with E-state index in [-0.39, 0.29) is 6.10 Å². The van der Waals surface area contributed by atoms with Gasteiger partial charge < -0.3 is 10.5 Å². The summed E-state index contributed by atoms with van der Waals surface area (Å²) in [6, 6.07) is 5.45. The number of benzene rings is 1. The van der Waals surface area contributed by atoms with Crippen molar-refractivity contribution in [2.24, 2.45) is 5.92 Å². The van der Waals surface area contributed by atoms with Crippen molar-refractivity contribution >= 4 is 17.3 Å². The zero-order valence-electron chi connectivity index (χ0n) is 9.46. The fraction of sp³-hybridized carbons (Fsp3) is 0.500. The lowest BCUT2D eigenvalue weighted by Gasteiger charge is -2.18. The number of halogens is 1. The lowest BCUT2D eigenvalue weighted by molar-refractivity contribution is 0.194. The molecule has 0 aromatic heterocycles. The summed E-state index contributed by atoms with van der Waals surface area (Å²) >= 11 is 5.90. The highest BCUT2D eigenvalue weighted by molar-refractivity contribution is 6.33. The molecule has 0 bridgehead atoms. The van der Waals surface area contributed by atoms with Gasteiger partial charge in [-0.3, -0.25) is 0 Å². The van der Waals surface area contributed by atoms with Crippen LogP contribution in [0.1, 0.15) is 27.2 Å². The Morgan fingerprint density at radius 3 is 2.60 bits per heavy atom. The minimum absolute atomic E-state index is 0.158. The van der Waals surface area contributed by atoms with Crippen LogP contribution in [0.15, 0.2) is 18.2 Å². The summed E-state index contributed by atoms with van der Waals surface area (Å²) in [6.07, 6.45) is 1.16. The molecule has 0 radical (unpaired) electrons. The predicted molar refractivity (Wildman–Crippen MR) is 65.4 cm³/mol. The molecule has 0 amide bonds. The average Bonchev–Trinajstić information content (AvgIpc) is 2.11. The molecule has 1 rings (SSSR count). The number of hydrogen-bond acceptors (Lipinski definition) is 2. The molecule has 0 saturated carbocycles. The minimum Gasteiger partial charge on any atom is -0.488 e. The predicted octanol–water partition coefficient (Wildman–Crippen LogP) is 3.74. The van der Waals surface area contributed by atoms with Crippen molar-refractivity contribution in [2.45, 2.75) is 33.3 Å². The fourth-order valence-electron chi connectivity index (χ4n) is 1.55. The largest absolute Gasteiger partial charge is 0.488 e. The van der Waals surface area contributed by atoms with E-state index in [0.29, 0.717) is 22.4 Å². The Hall–Kier alpha value is -0.890. The molecule has 0 heterocycles. The lowest BCUT2D eigenvalue weighted by Crippen LogP contribution is -2.15. The van der Waals surface area contributed by atoms with E-state index in [1.54, 1.807) is 6.07 Å². The molecule has 1 unspecified atom stereocenters. The van der Waals surface area contributed by atoms with Gasteiger partial charge in [-0.1, -0.05) is 31.5 Å². The molecule has 0 aliphatic heterocycles. The van der Waals surface area contributed by atoms with Crippen LogP contribution in [0.2, 0.25) is 5.02 Å². The van der Waals surface area contributed by atoms with Crippen LogP contribution in [0.3, 0.4) is 0 Å². The first kappa shape index (κ1) is 12.2. The second kappa shape index (κ2) is 5.26. The normalized spacial score (nSPS) is 12.9. The molecule has 1 atom stereocenters. The third kappa shape index (κ3) is 3.63. The van der Waals surface area contributed by atoms with Gasteiger partial charge >= 0.3 is 0 Å². The van der Waals surface area contributed by atoms with Gasteiger partial charge in [0.2, 0.25) is 0 Å². The summed E-state index contributed by atoms with van der Waals surface area (Å²) in [5.41, 5.74) is 6.33. The molecule has 15 heavy (non-hydrogen) atoms. The molecular weight excluding hydrogens is 210 g/mol. The zero-order valence-corrected chi connectivity index (χ0v) is 10.2. The Kier molecular flexibility index (Phi) is 4.28. The zero-order chi connectivity index (χ0) is 11.4. The lowest BCUT2D eigenvalue weighted by atomic mass is 10.1. The maximum atomic E-state index is 5.90. The highest BCUT2D eigenvalue weighted by Gasteiger charge is 2.10. The van der Waals surface area contributed by atoms with Crippen LogP contribution >= 0.6 is 11.6 Å². The molecule has 84 valence electrons. The molecule has 3 heteroatoms. The van der Waals surface area contributed by atoms with Gasteiger partial charge in [0.15, 0.2) is 0 Å². The topological polar surface area (TPSA) is 35.2 Å². The molecule has 1 aromatic rings. The van der Waals surface area contributed by atoms with Gasteiger partial charge in [-0.2, -0.15) is 0 Å². The Labute approximate surface area is 96.4 Å². The monoisotopic (exact) mass is 227 g/mol. The van der Waals surface area contributed by atoms with Crippen LogP contribution in [0.4, 0.5) is 5.69 Å². The Morgan fingerprint density at radius 2 is 2.00 bits per heavy atom. The van der Waals surface area contributed by atoms with Crippen LogP contribution in [0.5, 0.6) is 5.75 Å². The number of rotatable bonds is 4. The van der Waals surface area contributed by atoms with Crippen molar-refractivity contribution in [3.63, 3.8) is 0 Å². The fourth-order valence-corrected chi connectivity index (χ4v) is 1.71. The maximum absolute atomic E-state index is 5.90. The summed E-state index contributed by atoms with van der Waals surface area (Å²) < 4.78 is 5.73. The number of hydrogen-bond donors (Lipinski definition) is 1. The van der Waals surface area contributed by atoms with Gasteiger partial charge in [0, 0.05) is 0 Å². The third-order valence-corrected chi connectivity index (χ3v) is 2.47. The van der Waals surface area contributed by atoms with Crippen LogP contribution in [0, 0.1) is 5.92 Å². The molecule has 0 spiro atoms. The molecule has 0 fully saturated rings. The van der Waals surface area contributed by atoms with E-state index < -0.39 is 0 Å². The van der Waals surface area contributed by atoms with Crippen LogP contribution in [-0.4, -0.2) is 6.10 Å². The van der Waals surface area contributed by atoms with Gasteiger partial charge in [0.05, 0.1) is 16.8 Å². The second-order valence-corrected chi connectivity index (χ2v) is 4.62. The van der Waals surface area contributed by atoms with Crippen molar-refractivity contribution in [1.82, 2.24) is 0 Å². The van der Waals surface area contributed by atoms with E-state index in [2.05, 4.69) is 13.8 Å². The maximum Gasteiger partial charge on any atom is 0.144 e. The van der Waals surface area contributed by atoms with Crippen molar-refractivity contribution in [3.8, 4) is 5.75 Å². The SMILES string of the molecule is CC(C)CC(C)Oc1cccc(Cl)c1N. The molecule has 2 N–H and O–H groups in total. The van der Waals surface area contributed by atoms with Gasteiger partial charge in [0.1, 0.15) is 5.75 Å². The van der Waals surface area contributed by atoms with Crippen molar-refractivity contribution in [1.29, 1.82) is 0 Å². The quantitative estimate of drug-likeness (QED) is 0.796. The number of anilines is 1. The van der Waals surface area contributed by atoms with E-state index in [1.807, 2.05) is 19.1 Å². The Morgan fingerprint density at radius 1 is 1.33 bits per heavy atom. The first-order valence-corrected chi connectivity index (χ1v) is 5.59. The van der Waals surface area contributed by atoms with E-state index in [1.165, 1.54) is 0 Å². The van der Waals surface area contributed by atoms with Crippen LogP contribution in [0.25, 0.3) is 0 Å². The van der Waals surface area contributed by atoms with Crippen molar-refractivity contribution in [2.75, 3.05) is 5.73 Å². The van der Waals surface area contributed by atoms with Crippen LogP contribution in [-0.2, 0) is 0 Å². The highest BCUT2D eigenvalue weighted by Crippen LogP contribution is 2.30. The molecule has 1 aromatic carbocycles. The van der Waals surface area contributed by atoms with Gasteiger partial charge in [-0.05, 0) is 31.4 Å². The summed E-state index contributed by atoms with van der Waals surface area (Å²) in [6.45, 7) is 6.38. The summed E-state index contributed by atoms with van der Waals surface area (Å²) in [4.78, 5) is 0. The van der Waals surface area contributed by atoms with Gasteiger partial charge in [0.25, 0.3) is 0 Å². The highest BCUT2D eigenvalue weighted by atomic mass is 35.5.